The van der Waals surface area contributed by atoms with Gasteiger partial charge in [0, 0.05) is 19.3 Å². The van der Waals surface area contributed by atoms with E-state index in [9.17, 15) is 35.1 Å². The first-order valence-corrected chi connectivity index (χ1v) is 13.9. The first-order valence-electron chi connectivity index (χ1n) is 13.9. The van der Waals surface area contributed by atoms with Crippen molar-refractivity contribution in [2.24, 2.45) is 11.3 Å². The number of aliphatic hydroxyl groups excluding tert-OH is 3. The number of benzene rings is 1. The molecule has 222 valence electrons. The summed E-state index contributed by atoms with van der Waals surface area (Å²) in [5, 5.41) is 57.0. The van der Waals surface area contributed by atoms with Gasteiger partial charge in [0.2, 0.25) is 0 Å². The van der Waals surface area contributed by atoms with Crippen molar-refractivity contribution in [2.45, 2.75) is 108 Å². The van der Waals surface area contributed by atoms with Gasteiger partial charge in [0.15, 0.2) is 0 Å². The minimum atomic E-state index is -1.74. The minimum Gasteiger partial charge on any atom is -0.457 e. The summed E-state index contributed by atoms with van der Waals surface area (Å²) >= 11 is 0. The number of ether oxygens (including phenoxy) is 3. The van der Waals surface area contributed by atoms with Gasteiger partial charge in [-0.2, -0.15) is 0 Å². The highest BCUT2D eigenvalue weighted by molar-refractivity contribution is 5.89. The number of esters is 2. The van der Waals surface area contributed by atoms with Crippen LogP contribution in [0.4, 0.5) is 0 Å². The van der Waals surface area contributed by atoms with Crippen molar-refractivity contribution in [1.29, 1.82) is 0 Å². The molecule has 4 rings (SSSR count). The molecular weight excluding hydrogens is 520 g/mol. The van der Waals surface area contributed by atoms with Crippen molar-refractivity contribution in [3.05, 3.63) is 47.0 Å². The second-order valence-electron chi connectivity index (χ2n) is 12.1. The molecule has 10 nitrogen and oxygen atoms in total. The van der Waals surface area contributed by atoms with E-state index in [1.807, 2.05) is 0 Å². The predicted molar refractivity (Wildman–Crippen MR) is 143 cm³/mol. The number of fused-ring (bicyclic) bond motifs is 1. The van der Waals surface area contributed by atoms with Crippen molar-refractivity contribution in [1.82, 2.24) is 0 Å². The van der Waals surface area contributed by atoms with Crippen molar-refractivity contribution < 1.29 is 49.3 Å². The summed E-state index contributed by atoms with van der Waals surface area (Å²) in [6.45, 7) is 7.47. The van der Waals surface area contributed by atoms with Gasteiger partial charge in [0.05, 0.1) is 47.6 Å². The lowest BCUT2D eigenvalue weighted by atomic mass is 9.55. The van der Waals surface area contributed by atoms with Gasteiger partial charge in [0.1, 0.15) is 17.8 Å². The van der Waals surface area contributed by atoms with Gasteiger partial charge in [-0.25, -0.2) is 4.79 Å². The summed E-state index contributed by atoms with van der Waals surface area (Å²) in [6, 6.07) is 8.24. The molecule has 0 spiro atoms. The van der Waals surface area contributed by atoms with E-state index < -0.39 is 71.1 Å². The third-order valence-corrected chi connectivity index (χ3v) is 9.18. The van der Waals surface area contributed by atoms with Gasteiger partial charge >= 0.3 is 11.9 Å². The van der Waals surface area contributed by atoms with Crippen LogP contribution >= 0.6 is 0 Å². The number of hydrogen-bond donors (Lipinski definition) is 5. The Kier molecular flexibility index (Phi) is 8.53. The van der Waals surface area contributed by atoms with Crippen LogP contribution in [0.1, 0.15) is 70.7 Å². The van der Waals surface area contributed by atoms with Crippen LogP contribution in [-0.2, 0) is 19.0 Å². The third kappa shape index (κ3) is 5.10. The average molecular weight is 563 g/mol. The summed E-state index contributed by atoms with van der Waals surface area (Å²) in [5.74, 6) is -2.34. The van der Waals surface area contributed by atoms with Gasteiger partial charge in [-0.05, 0) is 63.3 Å². The molecule has 5 N–H and O–H groups in total. The summed E-state index contributed by atoms with van der Waals surface area (Å²) in [7, 11) is 0. The molecule has 0 unspecified atom stereocenters. The first kappa shape index (κ1) is 30.6. The molecular formula is C30H42O10. The third-order valence-electron chi connectivity index (χ3n) is 9.18. The maximum atomic E-state index is 13.6. The molecule has 1 aromatic carbocycles. The molecule has 1 saturated carbocycles. The van der Waals surface area contributed by atoms with E-state index in [-0.39, 0.29) is 43.4 Å². The molecule has 0 amide bonds. The number of rotatable bonds is 9. The van der Waals surface area contributed by atoms with Crippen molar-refractivity contribution >= 4 is 11.9 Å². The van der Waals surface area contributed by atoms with Crippen LogP contribution in [0.5, 0.6) is 0 Å². The van der Waals surface area contributed by atoms with Gasteiger partial charge in [-0.15, -0.1) is 0 Å². The zero-order chi connectivity index (χ0) is 29.6. The Labute approximate surface area is 234 Å². The molecule has 3 aliphatic rings. The lowest BCUT2D eigenvalue weighted by molar-refractivity contribution is -0.311. The van der Waals surface area contributed by atoms with E-state index in [1.54, 1.807) is 44.2 Å². The summed E-state index contributed by atoms with van der Waals surface area (Å²) in [5.41, 5.74) is -4.04. The van der Waals surface area contributed by atoms with E-state index in [0.29, 0.717) is 5.57 Å². The van der Waals surface area contributed by atoms with Crippen LogP contribution in [0.15, 0.2) is 41.5 Å². The lowest BCUT2D eigenvalue weighted by Crippen LogP contribution is -2.72. The SMILES string of the molecule is CC[C@@H](O)[C@@H](OC(C)=O)C1=C(C)[C@@H](O)C[C@]1([C@@H](OC(=O)c1ccccc1)[C@H]1C[C@@H](O)C[C@H]2OC[C@@]12O)C(C)(C)O. The quantitative estimate of drug-likeness (QED) is 0.221. The fraction of sp³-hybridized carbons (Fsp3) is 0.667. The Morgan fingerprint density at radius 1 is 1.15 bits per heavy atom. The van der Waals surface area contributed by atoms with Crippen molar-refractivity contribution in [2.75, 3.05) is 6.61 Å². The Morgan fingerprint density at radius 3 is 2.33 bits per heavy atom. The molecule has 1 aromatic rings. The first-order chi connectivity index (χ1) is 18.7. The van der Waals surface area contributed by atoms with Gasteiger partial charge in [-0.1, -0.05) is 25.1 Å². The molecule has 2 fully saturated rings. The van der Waals surface area contributed by atoms with Crippen molar-refractivity contribution in [3.63, 3.8) is 0 Å². The zero-order valence-electron chi connectivity index (χ0n) is 23.7. The Morgan fingerprint density at radius 2 is 1.80 bits per heavy atom. The van der Waals surface area contributed by atoms with Crippen LogP contribution in [0.2, 0.25) is 0 Å². The summed E-state index contributed by atoms with van der Waals surface area (Å²) in [6.07, 6.45) is -6.30. The second-order valence-corrected chi connectivity index (χ2v) is 12.1. The van der Waals surface area contributed by atoms with Crippen molar-refractivity contribution in [3.8, 4) is 0 Å². The van der Waals surface area contributed by atoms with Crippen LogP contribution in [0, 0.1) is 11.3 Å². The smallest absolute Gasteiger partial charge is 0.338 e. The Hall–Kier alpha value is -2.34. The highest BCUT2D eigenvalue weighted by atomic mass is 16.6. The fourth-order valence-corrected chi connectivity index (χ4v) is 7.00. The number of aliphatic hydroxyl groups is 5. The molecule has 1 aliphatic heterocycles. The van der Waals surface area contributed by atoms with E-state index in [0.717, 1.165) is 0 Å². The molecule has 2 aliphatic carbocycles. The summed E-state index contributed by atoms with van der Waals surface area (Å²) in [4.78, 5) is 25.9. The number of hydrogen-bond acceptors (Lipinski definition) is 10. The Balaban J connectivity index is 1.96. The monoisotopic (exact) mass is 562 g/mol. The largest absolute Gasteiger partial charge is 0.457 e. The highest BCUT2D eigenvalue weighted by Crippen LogP contribution is 2.60. The van der Waals surface area contributed by atoms with Crippen LogP contribution in [-0.4, -0.2) is 91.9 Å². The molecule has 9 atom stereocenters. The van der Waals surface area contributed by atoms with Gasteiger partial charge < -0.3 is 39.7 Å². The number of carbonyl (C=O) groups excluding carboxylic acids is 2. The van der Waals surface area contributed by atoms with Crippen LogP contribution in [0.25, 0.3) is 0 Å². The molecule has 1 saturated heterocycles. The van der Waals surface area contributed by atoms with Gasteiger partial charge in [-0.3, -0.25) is 4.79 Å². The molecule has 0 aromatic heterocycles. The van der Waals surface area contributed by atoms with Gasteiger partial charge in [0.25, 0.3) is 0 Å². The molecule has 0 bridgehead atoms. The van der Waals surface area contributed by atoms with E-state index in [2.05, 4.69) is 0 Å². The molecule has 0 radical (unpaired) electrons. The lowest BCUT2D eigenvalue weighted by Gasteiger charge is -2.60. The Bertz CT molecular complexity index is 1130. The molecule has 10 heteroatoms. The highest BCUT2D eigenvalue weighted by Gasteiger charge is 2.69. The fourth-order valence-electron chi connectivity index (χ4n) is 7.00. The predicted octanol–water partition coefficient (Wildman–Crippen LogP) is 1.65. The maximum Gasteiger partial charge on any atom is 0.338 e. The normalized spacial score (nSPS) is 34.4. The molecule has 40 heavy (non-hydrogen) atoms. The van der Waals surface area contributed by atoms with E-state index in [1.165, 1.54) is 20.8 Å². The van der Waals surface area contributed by atoms with Crippen LogP contribution < -0.4 is 0 Å². The van der Waals surface area contributed by atoms with E-state index >= 15 is 0 Å². The molecule has 1 heterocycles. The second kappa shape index (κ2) is 11.2. The topological polar surface area (TPSA) is 163 Å². The van der Waals surface area contributed by atoms with Crippen LogP contribution in [0.3, 0.4) is 0 Å². The maximum absolute atomic E-state index is 13.6. The van der Waals surface area contributed by atoms with E-state index in [4.69, 9.17) is 14.2 Å². The zero-order valence-corrected chi connectivity index (χ0v) is 23.7. The standard InChI is InChI=1S/C30H42O10/c1-6-21(33)25(39-17(3)31)24-16(2)22(34)14-29(24,28(4,5)36)26(40-27(35)18-10-8-7-9-11-18)20-12-19(32)13-23-30(20,37)15-38-23/h7-11,19-23,25-26,32-34,36-37H,6,12-15H2,1-5H3/t19-,20-,21-,22+,23-,25-,26+,29+,30-/m1/s1. The minimum absolute atomic E-state index is 0.0257. The average Bonchev–Trinajstić information content (AvgIpc) is 3.16. The number of carbonyl (C=O) groups is 2. The summed E-state index contributed by atoms with van der Waals surface area (Å²) < 4.78 is 17.5.